The number of nitrogens with zero attached hydrogens (tertiary/aromatic N) is 11. The summed E-state index contributed by atoms with van der Waals surface area (Å²) >= 11 is 21.3. The number of halogens is 8. The first-order valence-corrected chi connectivity index (χ1v) is 57.7. The molecule has 0 saturated carbocycles. The monoisotopic (exact) mass is 2460 g/mol. The number of H-pyrrole nitrogens is 1. The molecule has 0 amide bonds. The highest BCUT2D eigenvalue weighted by Crippen LogP contribution is 2.59. The van der Waals surface area contributed by atoms with Crippen molar-refractivity contribution in [2.45, 2.75) is 130 Å². The number of para-hydroxylation sites is 4. The number of ether oxygens (including phenoxy) is 3. The number of nitrogens with one attached hydrogen (secondary N) is 2. The van der Waals surface area contributed by atoms with Gasteiger partial charge in [-0.25, -0.2) is 9.69 Å². The topological polar surface area (TPSA) is 199 Å². The molecule has 0 aliphatic carbocycles. The minimum absolute atomic E-state index is 0. The number of fused-ring (bicyclic) bond motifs is 4. The molecular weight excluding hydrogens is 2350 g/mol. The number of aromatic amines is 1. The first-order chi connectivity index (χ1) is 67.4. The minimum Gasteiger partial charge on any atom is -0.399 e. The lowest BCUT2D eigenvalue weighted by molar-refractivity contribution is -0.00548. The number of rotatable bonds is 11. The van der Waals surface area contributed by atoms with Gasteiger partial charge < -0.3 is 53.4 Å². The summed E-state index contributed by atoms with van der Waals surface area (Å²) in [6, 6.07) is 85.3. The summed E-state index contributed by atoms with van der Waals surface area (Å²) in [5.41, 5.74) is 24.7. The van der Waals surface area contributed by atoms with Crippen LogP contribution in [0.4, 0.5) is 34.1 Å². The molecule has 0 unspecified atom stereocenters. The van der Waals surface area contributed by atoms with Crippen LogP contribution < -0.4 is 35.8 Å². The fraction of sp³-hybridized carbons (Fsp3) is 0.268. The number of benzene rings is 11. The van der Waals surface area contributed by atoms with Crippen LogP contribution in [0.5, 0.6) is 0 Å². The Kier molecular flexibility index (Phi) is 37.5. The van der Waals surface area contributed by atoms with Crippen LogP contribution in [-0.4, -0.2) is 140 Å². The second-order valence-electron chi connectivity index (χ2n) is 36.3. The number of pyridine rings is 4. The maximum absolute atomic E-state index is 12.1. The van der Waals surface area contributed by atoms with E-state index in [1.165, 1.54) is 65.2 Å². The Bertz CT molecular complexity index is 7090. The number of aromatic nitrogens is 4. The largest absolute Gasteiger partial charge is 0.494 e. The normalized spacial score (nSPS) is 18.1. The molecule has 6 aliphatic heterocycles. The number of anilines is 4. The van der Waals surface area contributed by atoms with Gasteiger partial charge in [0.1, 0.15) is 4.03 Å². The molecule has 10 heterocycles. The molecule has 0 spiro atoms. The first kappa shape index (κ1) is 107. The molecule has 21 rings (SSSR count). The van der Waals surface area contributed by atoms with Crippen LogP contribution in [0.25, 0.3) is 120 Å². The maximum Gasteiger partial charge on any atom is 0.494 e. The molecule has 720 valence electrons. The van der Waals surface area contributed by atoms with E-state index in [0.717, 1.165) is 159 Å². The van der Waals surface area contributed by atoms with Crippen LogP contribution in [0.1, 0.15) is 93.2 Å². The number of nitriles is 2. The molecule has 6 saturated heterocycles. The van der Waals surface area contributed by atoms with E-state index >= 15 is 0 Å². The lowest BCUT2D eigenvalue weighted by Crippen LogP contribution is -2.45. The molecule has 141 heavy (non-hydrogen) atoms. The molecule has 19 nitrogen and oxygen atoms in total. The quantitative estimate of drug-likeness (QED) is 0.0536. The van der Waals surface area contributed by atoms with Gasteiger partial charge in [0.2, 0.25) is 5.43 Å². The molecule has 6 aliphatic rings. The Morgan fingerprint density at radius 1 is 0.433 bits per heavy atom. The molecule has 15 aromatic rings. The SMILES string of the molecule is BrP(Br)Br.C1CNC1.C[C@@H]1CN(c2ccc(B3OC(C)(C)C(C)(C)O3)cc2)C[C@H](C)O1.Cl.N#Cc1ccc(-c2cccc3c(=O)c(I)c[nH]c23)cc1.N#Cc1ccc(-c2cccc3c(Br)c(I)cnc23)cc1.[C-]#[N+]c1ccc(-c2cccc3c(Br)c(-c4ccc(N5C[C@@H](C)O[C@@H](C)C5)cc4)cnc23)cc1.[C-]#[N+]c1ccc(-c2cccc3c(N4CCC4)c(-c4ccc(N5C[C@@H](C)O[C@@H](C)C5)cc4)cnc23)cc1. The average Bonchev–Trinajstić information content (AvgIpc) is 1.77. The molecule has 2 N–H and O–H groups in total. The molecule has 6 fully saturated rings. The van der Waals surface area contributed by atoms with Gasteiger partial charge in [-0.3, -0.25) is 19.7 Å². The summed E-state index contributed by atoms with van der Waals surface area (Å²) in [7, 11) is -0.295. The molecule has 4 aromatic heterocycles. The Labute approximate surface area is 902 Å². The van der Waals surface area contributed by atoms with E-state index in [-0.39, 0.29) is 76.8 Å². The zero-order valence-electron chi connectivity index (χ0n) is 79.8. The molecule has 6 atom stereocenters. The maximum atomic E-state index is 12.1. The van der Waals surface area contributed by atoms with Gasteiger partial charge in [0.05, 0.1) is 116 Å². The Hall–Kier alpha value is -9.58. The van der Waals surface area contributed by atoms with E-state index in [1.54, 1.807) is 18.3 Å². The highest BCUT2D eigenvalue weighted by atomic mass is 127. The summed E-state index contributed by atoms with van der Waals surface area (Å²) in [5, 5.41) is 24.8. The summed E-state index contributed by atoms with van der Waals surface area (Å²) in [6.07, 6.45) is 11.6. The summed E-state index contributed by atoms with van der Waals surface area (Å²) < 4.78 is 33.5. The number of morpholine rings is 3. The highest BCUT2D eigenvalue weighted by Gasteiger charge is 2.52. The zero-order valence-corrected chi connectivity index (χ0v) is 93.8. The van der Waals surface area contributed by atoms with Crippen LogP contribution in [0.15, 0.2) is 281 Å². The van der Waals surface area contributed by atoms with Crippen molar-refractivity contribution in [2.75, 3.05) is 85.0 Å². The van der Waals surface area contributed by atoms with Crippen molar-refractivity contribution in [1.29, 1.82) is 10.5 Å². The fourth-order valence-corrected chi connectivity index (χ4v) is 19.7. The molecule has 0 bridgehead atoms. The minimum atomic E-state index is -0.300. The van der Waals surface area contributed by atoms with Crippen molar-refractivity contribution in [2.24, 2.45) is 0 Å². The van der Waals surface area contributed by atoms with Crippen molar-refractivity contribution in [3.63, 3.8) is 0 Å². The average molecular weight is 2460 g/mol. The fourth-order valence-electron chi connectivity index (χ4n) is 17.8. The molecular formula is C112H107BBr5ClI2N13O6P. The van der Waals surface area contributed by atoms with Gasteiger partial charge >= 0.3 is 7.12 Å². The second kappa shape index (κ2) is 49.3. The van der Waals surface area contributed by atoms with Gasteiger partial charge in [-0.05, 0) is 324 Å². The van der Waals surface area contributed by atoms with E-state index in [9.17, 15) is 4.79 Å². The third-order valence-electron chi connectivity index (χ3n) is 25.6. The van der Waals surface area contributed by atoms with Crippen LogP contribution in [0, 0.1) is 42.9 Å². The summed E-state index contributed by atoms with van der Waals surface area (Å²) in [4.78, 5) is 46.4. The van der Waals surface area contributed by atoms with Crippen molar-refractivity contribution in [1.82, 2.24) is 25.3 Å². The third kappa shape index (κ3) is 26.4. The Balaban J connectivity index is 0.000000140. The van der Waals surface area contributed by atoms with Crippen molar-refractivity contribution >= 4 is 230 Å². The van der Waals surface area contributed by atoms with E-state index in [4.69, 9.17) is 57.2 Å². The van der Waals surface area contributed by atoms with E-state index in [0.29, 0.717) is 31.5 Å². The Morgan fingerprint density at radius 2 is 0.759 bits per heavy atom. The third-order valence-corrected chi connectivity index (χ3v) is 29.7. The van der Waals surface area contributed by atoms with Crippen LogP contribution in [0.3, 0.4) is 0 Å². The lowest BCUT2D eigenvalue weighted by atomic mass is 9.79. The molecule has 29 heteroatoms. The van der Waals surface area contributed by atoms with Gasteiger partial charge in [-0.15, -0.1) is 12.4 Å². The standard InChI is InChI=1S/C31H30N4O.C28H24BrN3O.C18H28BNO3.C16H8BrIN2.C16H9IN2O.C3H7N.Br3P.ClH/c1-21-19-35(20-22(2)36-21)26-14-10-24(11-15-26)29-18-33-30-27(23-8-12-25(32-3)13-9-23)6-4-7-28(30)31(29)34-16-5-17-34;1-18-16-32(17-19(2)33-18)23-13-9-21(10-14-23)26-15-31-28-24(5-4-6-25(28)27(26)29)20-7-11-22(30-3)12-8-20;1-13-11-20(12-14(2)21-13)16-9-7-15(8-10-16)19-22-17(3,4)18(5,6)23-19;17-15-13-3-1-2-12(16(13)20-9-14(15)18)11-6-4-10(8-19)5-7-11;17-14-9-19-15-12(2-1-3-13(15)16(14)20)11-6-4-10(8-18)5-7-11;1-2-4-3-1;1-4(2)3;/h4,6-15,18,21-22H,5,16-17,19-20H2,1-2H3;4-15,18-19H,16-17H2,1-2H3;7-10,13-14H,11-12H2,1-6H3;1-7,9H;1-7,9H,(H,19,20);4H,1-3H2;;1H/t21-,22+;18-,19+;13-,14+;;;;;. The predicted octanol–water partition coefficient (Wildman–Crippen LogP) is 29.6. The van der Waals surface area contributed by atoms with Gasteiger partial charge in [0.25, 0.3) is 0 Å². The molecule has 0 radical (unpaired) electrons. The smallest absolute Gasteiger partial charge is 0.399 e. The van der Waals surface area contributed by atoms with Crippen molar-refractivity contribution in [3.05, 3.63) is 328 Å². The number of hydrogen-bond acceptors (Lipinski definition) is 16. The lowest BCUT2D eigenvalue weighted by Gasteiger charge is -2.37. The molecule has 11 aromatic carbocycles. The van der Waals surface area contributed by atoms with Gasteiger partial charge in [0, 0.05) is 162 Å². The van der Waals surface area contributed by atoms with E-state index < -0.39 is 0 Å². The zero-order chi connectivity index (χ0) is 99.1. The number of hydrogen-bond donors (Lipinski definition) is 2. The first-order valence-electron chi connectivity index (χ1n) is 46.6. The van der Waals surface area contributed by atoms with Crippen molar-refractivity contribution in [3.8, 4) is 78.9 Å². The second-order valence-corrected chi connectivity index (χ2v) is 55.6. The van der Waals surface area contributed by atoms with Crippen LogP contribution in [-0.2, 0) is 23.5 Å². The van der Waals surface area contributed by atoms with Crippen molar-refractivity contribution < 1.29 is 23.5 Å². The summed E-state index contributed by atoms with van der Waals surface area (Å²) in [6.45, 7) is 45.7. The highest BCUT2D eigenvalue weighted by molar-refractivity contribution is 14.1. The van der Waals surface area contributed by atoms with Gasteiger partial charge in [-0.1, -0.05) is 176 Å². The van der Waals surface area contributed by atoms with Crippen LogP contribution >= 0.6 is 140 Å². The van der Waals surface area contributed by atoms with Gasteiger partial charge in [-0.2, -0.15) is 10.5 Å². The summed E-state index contributed by atoms with van der Waals surface area (Å²) in [5.74, 6) is 0. The Morgan fingerprint density at radius 3 is 1.14 bits per heavy atom. The van der Waals surface area contributed by atoms with Gasteiger partial charge in [0.15, 0.2) is 11.4 Å². The van der Waals surface area contributed by atoms with E-state index in [2.05, 4.69) is 348 Å². The predicted molar refractivity (Wildman–Crippen MR) is 619 cm³/mol. The van der Waals surface area contributed by atoms with E-state index in [1.807, 2.05) is 150 Å². The van der Waals surface area contributed by atoms with Crippen LogP contribution in [0.2, 0.25) is 0 Å².